The maximum Gasteiger partial charge on any atom is 0.323 e. The minimum absolute atomic E-state index is 0.0201. The van der Waals surface area contributed by atoms with E-state index in [0.29, 0.717) is 5.69 Å². The van der Waals surface area contributed by atoms with Crippen LogP contribution in [0.15, 0.2) is 66.9 Å². The van der Waals surface area contributed by atoms with Gasteiger partial charge in [0.1, 0.15) is 17.5 Å². The number of carbonyl (C=O) groups is 1. The molecule has 0 radical (unpaired) electrons. The van der Waals surface area contributed by atoms with Crippen molar-refractivity contribution in [2.24, 2.45) is 0 Å². The van der Waals surface area contributed by atoms with Crippen LogP contribution in [0.2, 0.25) is 0 Å². The number of fused-ring (bicyclic) bond motifs is 1. The number of piperazine rings is 1. The standard InChI is InChI=1S/C25H23F2N7O/c26-16-10-17(27)12-21(11-16)32-25(35)31-19-3-1-2-18(13-19)30-20-4-5-22-23(14-20)33-24(15-29-22)34-8-6-28-7-9-34/h1-5,10-15,28,30H,6-9H2,(H2,31,32,35). The Bertz CT molecular complexity index is 1360. The second-order valence-electron chi connectivity index (χ2n) is 8.11. The monoisotopic (exact) mass is 475 g/mol. The van der Waals surface area contributed by atoms with Gasteiger partial charge in [-0.15, -0.1) is 0 Å². The summed E-state index contributed by atoms with van der Waals surface area (Å²) in [6.07, 6.45) is 1.80. The van der Waals surface area contributed by atoms with E-state index in [2.05, 4.69) is 31.2 Å². The normalized spacial score (nSPS) is 13.5. The van der Waals surface area contributed by atoms with Crippen molar-refractivity contribution in [1.29, 1.82) is 0 Å². The van der Waals surface area contributed by atoms with Gasteiger partial charge >= 0.3 is 6.03 Å². The highest BCUT2D eigenvalue weighted by molar-refractivity contribution is 6.00. The molecule has 0 saturated carbocycles. The molecule has 0 spiro atoms. The molecule has 35 heavy (non-hydrogen) atoms. The zero-order valence-corrected chi connectivity index (χ0v) is 18.7. The Morgan fingerprint density at radius 1 is 0.829 bits per heavy atom. The smallest absolute Gasteiger partial charge is 0.323 e. The molecule has 8 nitrogen and oxygen atoms in total. The van der Waals surface area contributed by atoms with E-state index in [1.807, 2.05) is 24.3 Å². The Morgan fingerprint density at radius 2 is 1.54 bits per heavy atom. The molecule has 1 aromatic heterocycles. The van der Waals surface area contributed by atoms with E-state index >= 15 is 0 Å². The van der Waals surface area contributed by atoms with E-state index in [-0.39, 0.29) is 5.69 Å². The second kappa shape index (κ2) is 9.90. The van der Waals surface area contributed by atoms with E-state index in [9.17, 15) is 13.6 Å². The van der Waals surface area contributed by atoms with Crippen molar-refractivity contribution in [2.75, 3.05) is 47.0 Å². The summed E-state index contributed by atoms with van der Waals surface area (Å²) in [4.78, 5) is 23.8. The summed E-state index contributed by atoms with van der Waals surface area (Å²) in [5.41, 5.74) is 3.67. The molecule has 5 rings (SSSR count). The zero-order valence-electron chi connectivity index (χ0n) is 18.7. The summed E-state index contributed by atoms with van der Waals surface area (Å²) in [5, 5.41) is 11.7. The molecular formula is C25H23F2N7O. The molecule has 0 unspecified atom stereocenters. The number of anilines is 5. The van der Waals surface area contributed by atoms with Gasteiger partial charge < -0.3 is 26.2 Å². The van der Waals surface area contributed by atoms with E-state index in [1.165, 1.54) is 0 Å². The van der Waals surface area contributed by atoms with Gasteiger partial charge in [-0.3, -0.25) is 4.98 Å². The molecule has 2 amide bonds. The van der Waals surface area contributed by atoms with Gasteiger partial charge in [0.15, 0.2) is 0 Å². The summed E-state index contributed by atoms with van der Waals surface area (Å²) in [6.45, 7) is 3.62. The van der Waals surface area contributed by atoms with Crippen LogP contribution < -0.4 is 26.2 Å². The first-order valence-corrected chi connectivity index (χ1v) is 11.2. The number of halogens is 2. The van der Waals surface area contributed by atoms with Gasteiger partial charge in [0.25, 0.3) is 0 Å². The summed E-state index contributed by atoms with van der Waals surface area (Å²) in [7, 11) is 0. The lowest BCUT2D eigenvalue weighted by Crippen LogP contribution is -2.43. The van der Waals surface area contributed by atoms with Gasteiger partial charge in [-0.1, -0.05) is 6.07 Å². The SMILES string of the molecule is O=C(Nc1cc(F)cc(F)c1)Nc1cccc(Nc2ccc3ncc(N4CCNCC4)nc3c2)c1. The summed E-state index contributed by atoms with van der Waals surface area (Å²) in [6, 6.07) is 15.0. The number of carbonyl (C=O) groups excluding carboxylic acids is 1. The van der Waals surface area contributed by atoms with E-state index < -0.39 is 17.7 Å². The Morgan fingerprint density at radius 3 is 2.34 bits per heavy atom. The molecule has 4 N–H and O–H groups in total. The molecule has 0 aliphatic carbocycles. The molecule has 10 heteroatoms. The summed E-state index contributed by atoms with van der Waals surface area (Å²) in [5.74, 6) is -0.690. The lowest BCUT2D eigenvalue weighted by Gasteiger charge is -2.28. The second-order valence-corrected chi connectivity index (χ2v) is 8.11. The zero-order chi connectivity index (χ0) is 24.2. The van der Waals surface area contributed by atoms with Crippen LogP contribution in [-0.4, -0.2) is 42.2 Å². The lowest BCUT2D eigenvalue weighted by atomic mass is 10.2. The van der Waals surface area contributed by atoms with Crippen molar-refractivity contribution in [2.45, 2.75) is 0 Å². The number of benzene rings is 3. The van der Waals surface area contributed by atoms with Crippen LogP contribution in [0, 0.1) is 11.6 Å². The first-order chi connectivity index (χ1) is 17.0. The quantitative estimate of drug-likeness (QED) is 0.334. The Labute approximate surface area is 200 Å². The highest BCUT2D eigenvalue weighted by atomic mass is 19.1. The minimum atomic E-state index is -0.772. The van der Waals surface area contributed by atoms with Crippen LogP contribution in [0.25, 0.3) is 11.0 Å². The lowest BCUT2D eigenvalue weighted by molar-refractivity contribution is 0.262. The maximum atomic E-state index is 13.3. The number of hydrogen-bond donors (Lipinski definition) is 4. The Kier molecular flexibility index (Phi) is 6.36. The van der Waals surface area contributed by atoms with Crippen LogP contribution in [-0.2, 0) is 0 Å². The van der Waals surface area contributed by atoms with Crippen LogP contribution in [0.5, 0.6) is 0 Å². The highest BCUT2D eigenvalue weighted by Gasteiger charge is 2.13. The molecule has 2 heterocycles. The van der Waals surface area contributed by atoms with Gasteiger partial charge in [-0.2, -0.15) is 0 Å². The molecule has 178 valence electrons. The fraction of sp³-hybridized carbons (Fsp3) is 0.160. The van der Waals surface area contributed by atoms with Crippen molar-refractivity contribution in [1.82, 2.24) is 15.3 Å². The average Bonchev–Trinajstić information content (AvgIpc) is 2.83. The number of amides is 2. The topological polar surface area (TPSA) is 94.2 Å². The fourth-order valence-electron chi connectivity index (χ4n) is 3.89. The molecule has 1 fully saturated rings. The van der Waals surface area contributed by atoms with E-state index in [0.717, 1.165) is 72.6 Å². The summed E-state index contributed by atoms with van der Waals surface area (Å²) >= 11 is 0. The molecular weight excluding hydrogens is 452 g/mol. The maximum absolute atomic E-state index is 13.3. The Balaban J connectivity index is 1.28. The first kappa shape index (κ1) is 22.5. The van der Waals surface area contributed by atoms with Crippen molar-refractivity contribution >= 4 is 45.6 Å². The molecule has 1 saturated heterocycles. The van der Waals surface area contributed by atoms with Crippen LogP contribution in [0.4, 0.5) is 42.1 Å². The van der Waals surface area contributed by atoms with E-state index in [1.54, 1.807) is 24.4 Å². The van der Waals surface area contributed by atoms with Gasteiger partial charge in [0, 0.05) is 55.0 Å². The fourth-order valence-corrected chi connectivity index (χ4v) is 3.89. The van der Waals surface area contributed by atoms with E-state index in [4.69, 9.17) is 4.98 Å². The first-order valence-electron chi connectivity index (χ1n) is 11.2. The molecule has 0 atom stereocenters. The molecule has 4 aromatic rings. The number of aromatic nitrogens is 2. The number of nitrogens with zero attached hydrogens (tertiary/aromatic N) is 3. The molecule has 1 aliphatic rings. The highest BCUT2D eigenvalue weighted by Crippen LogP contribution is 2.24. The van der Waals surface area contributed by atoms with Crippen molar-refractivity contribution < 1.29 is 13.6 Å². The van der Waals surface area contributed by atoms with Gasteiger partial charge in [0.05, 0.1) is 17.2 Å². The van der Waals surface area contributed by atoms with Crippen molar-refractivity contribution in [3.8, 4) is 0 Å². The number of rotatable bonds is 5. The van der Waals surface area contributed by atoms with Crippen LogP contribution in [0.1, 0.15) is 0 Å². The molecule has 0 bridgehead atoms. The number of nitrogens with one attached hydrogen (secondary N) is 4. The third-order valence-corrected chi connectivity index (χ3v) is 5.50. The van der Waals surface area contributed by atoms with Gasteiger partial charge in [-0.25, -0.2) is 18.6 Å². The molecule has 1 aliphatic heterocycles. The number of urea groups is 1. The summed E-state index contributed by atoms with van der Waals surface area (Å²) < 4.78 is 26.7. The third kappa shape index (κ3) is 5.61. The van der Waals surface area contributed by atoms with Gasteiger partial charge in [-0.05, 0) is 48.5 Å². The van der Waals surface area contributed by atoms with Crippen LogP contribution in [0.3, 0.4) is 0 Å². The largest absolute Gasteiger partial charge is 0.355 e. The molecule has 3 aromatic carbocycles. The van der Waals surface area contributed by atoms with Crippen molar-refractivity contribution in [3.63, 3.8) is 0 Å². The predicted molar refractivity (Wildman–Crippen MR) is 133 cm³/mol. The van der Waals surface area contributed by atoms with Crippen LogP contribution >= 0.6 is 0 Å². The van der Waals surface area contributed by atoms with Gasteiger partial charge in [0.2, 0.25) is 0 Å². The predicted octanol–water partition coefficient (Wildman–Crippen LogP) is 4.71. The minimum Gasteiger partial charge on any atom is -0.355 e. The third-order valence-electron chi connectivity index (χ3n) is 5.50. The Hall–Kier alpha value is -4.31. The number of hydrogen-bond acceptors (Lipinski definition) is 6. The van der Waals surface area contributed by atoms with Crippen molar-refractivity contribution in [3.05, 3.63) is 78.5 Å². The average molecular weight is 476 g/mol.